The Morgan fingerprint density at radius 2 is 2.00 bits per heavy atom. The predicted octanol–water partition coefficient (Wildman–Crippen LogP) is 2.64. The second-order valence-electron chi connectivity index (χ2n) is 5.60. The van der Waals surface area contributed by atoms with Crippen LogP contribution in [0.15, 0.2) is 22.7 Å². The summed E-state index contributed by atoms with van der Waals surface area (Å²) in [6, 6.07) is 5.92. The molecule has 0 bridgehead atoms. The molecule has 3 rings (SSSR count). The predicted molar refractivity (Wildman–Crippen MR) is 95.2 cm³/mol. The maximum absolute atomic E-state index is 12.6. The quantitative estimate of drug-likeness (QED) is 0.816. The van der Waals surface area contributed by atoms with E-state index in [0.29, 0.717) is 16.6 Å². The van der Waals surface area contributed by atoms with Crippen LogP contribution in [0.3, 0.4) is 0 Å². The first-order valence-corrected chi connectivity index (χ1v) is 8.51. The fraction of sp³-hybridized carbons (Fsp3) is 0.533. The summed E-state index contributed by atoms with van der Waals surface area (Å²) in [5.41, 5.74) is 0.590. The van der Waals surface area contributed by atoms with E-state index in [0.717, 1.165) is 50.2 Å². The third kappa shape index (κ3) is 3.95. The molecule has 1 atom stereocenters. The molecule has 0 spiro atoms. The summed E-state index contributed by atoms with van der Waals surface area (Å²) in [5.74, 6) is 0.0407. The number of rotatable bonds is 2. The van der Waals surface area contributed by atoms with Gasteiger partial charge in [-0.3, -0.25) is 9.69 Å². The first-order valence-electron chi connectivity index (χ1n) is 7.34. The van der Waals surface area contributed by atoms with E-state index in [1.165, 1.54) is 0 Å². The summed E-state index contributed by atoms with van der Waals surface area (Å²) in [5, 5.41) is 3.89. The van der Waals surface area contributed by atoms with E-state index in [2.05, 4.69) is 26.1 Å². The van der Waals surface area contributed by atoms with E-state index in [9.17, 15) is 4.79 Å². The molecule has 1 aromatic rings. The molecule has 2 aliphatic heterocycles. The number of nitrogens with one attached hydrogen (secondary N) is 1. The molecule has 0 aromatic heterocycles. The Morgan fingerprint density at radius 1 is 1.27 bits per heavy atom. The number of carbonyl (C=O) groups excluding carboxylic acids is 1. The van der Waals surface area contributed by atoms with Gasteiger partial charge < -0.3 is 10.2 Å². The fourth-order valence-corrected chi connectivity index (χ4v) is 3.66. The van der Waals surface area contributed by atoms with Crippen molar-refractivity contribution in [3.63, 3.8) is 0 Å². The van der Waals surface area contributed by atoms with Crippen molar-refractivity contribution in [3.05, 3.63) is 33.3 Å². The van der Waals surface area contributed by atoms with Gasteiger partial charge in [0.2, 0.25) is 0 Å². The van der Waals surface area contributed by atoms with Gasteiger partial charge in [0.05, 0.1) is 10.6 Å². The SMILES string of the molecule is Cl.O=C(c1cc(Br)ccc1Cl)N1CCC(N2CCNCC2)C1. The van der Waals surface area contributed by atoms with Gasteiger partial charge in [-0.1, -0.05) is 27.5 Å². The Labute approximate surface area is 150 Å². The average molecular weight is 409 g/mol. The molecule has 22 heavy (non-hydrogen) atoms. The van der Waals surface area contributed by atoms with Gasteiger partial charge in [0.15, 0.2) is 0 Å². The molecule has 0 radical (unpaired) electrons. The molecule has 1 amide bonds. The van der Waals surface area contributed by atoms with E-state index < -0.39 is 0 Å². The highest BCUT2D eigenvalue weighted by Gasteiger charge is 2.31. The monoisotopic (exact) mass is 407 g/mol. The lowest BCUT2D eigenvalue weighted by molar-refractivity contribution is 0.0773. The molecule has 7 heteroatoms. The number of hydrogen-bond acceptors (Lipinski definition) is 3. The van der Waals surface area contributed by atoms with Crippen LogP contribution in [0.2, 0.25) is 5.02 Å². The normalized spacial score (nSPS) is 22.5. The molecule has 1 unspecified atom stereocenters. The second kappa shape index (κ2) is 7.97. The van der Waals surface area contributed by atoms with Crippen LogP contribution in [-0.2, 0) is 0 Å². The minimum absolute atomic E-state index is 0. The van der Waals surface area contributed by atoms with Gasteiger partial charge in [-0.2, -0.15) is 0 Å². The third-order valence-electron chi connectivity index (χ3n) is 4.28. The maximum Gasteiger partial charge on any atom is 0.255 e. The van der Waals surface area contributed by atoms with Gasteiger partial charge in [0.25, 0.3) is 5.91 Å². The molecule has 4 nitrogen and oxygen atoms in total. The smallest absolute Gasteiger partial charge is 0.255 e. The molecule has 1 N–H and O–H groups in total. The highest BCUT2D eigenvalue weighted by molar-refractivity contribution is 9.10. The zero-order valence-corrected chi connectivity index (χ0v) is 15.4. The number of likely N-dealkylation sites (tertiary alicyclic amines) is 1. The Hall–Kier alpha value is -0.330. The molecule has 2 saturated heterocycles. The van der Waals surface area contributed by atoms with Crippen molar-refractivity contribution in [2.75, 3.05) is 39.3 Å². The standard InChI is InChI=1S/C15H19BrClN3O.ClH/c16-11-1-2-14(17)13(9-11)15(21)20-6-3-12(10-20)19-7-4-18-5-8-19;/h1-2,9,12,18H,3-8,10H2;1H. The highest BCUT2D eigenvalue weighted by Crippen LogP contribution is 2.25. The van der Waals surface area contributed by atoms with Gasteiger partial charge in [0, 0.05) is 49.8 Å². The van der Waals surface area contributed by atoms with Crippen molar-refractivity contribution in [2.45, 2.75) is 12.5 Å². The van der Waals surface area contributed by atoms with E-state index in [4.69, 9.17) is 11.6 Å². The van der Waals surface area contributed by atoms with E-state index >= 15 is 0 Å². The van der Waals surface area contributed by atoms with Crippen molar-refractivity contribution in [2.24, 2.45) is 0 Å². The Bertz CT molecular complexity index is 538. The number of halogens is 3. The third-order valence-corrected chi connectivity index (χ3v) is 5.10. The van der Waals surface area contributed by atoms with E-state index in [-0.39, 0.29) is 18.3 Å². The van der Waals surface area contributed by atoms with Crippen LogP contribution in [0.5, 0.6) is 0 Å². The molecule has 0 saturated carbocycles. The lowest BCUT2D eigenvalue weighted by atomic mass is 10.2. The van der Waals surface area contributed by atoms with Crippen molar-refractivity contribution < 1.29 is 4.79 Å². The van der Waals surface area contributed by atoms with Crippen molar-refractivity contribution >= 4 is 45.8 Å². The second-order valence-corrected chi connectivity index (χ2v) is 6.93. The molecule has 2 fully saturated rings. The average Bonchev–Trinajstić information content (AvgIpc) is 3.00. The van der Waals surface area contributed by atoms with Crippen LogP contribution >= 0.6 is 39.9 Å². The molecular formula is C15H20BrCl2N3O. The molecule has 2 heterocycles. The molecule has 0 aliphatic carbocycles. The summed E-state index contributed by atoms with van der Waals surface area (Å²) in [6.07, 6.45) is 1.05. The summed E-state index contributed by atoms with van der Waals surface area (Å²) in [7, 11) is 0. The lowest BCUT2D eigenvalue weighted by Crippen LogP contribution is -2.49. The van der Waals surface area contributed by atoms with Crippen LogP contribution in [0.4, 0.5) is 0 Å². The number of hydrogen-bond donors (Lipinski definition) is 1. The Kier molecular flexibility index (Phi) is 6.53. The number of piperazine rings is 1. The van der Waals surface area contributed by atoms with Gasteiger partial charge >= 0.3 is 0 Å². The van der Waals surface area contributed by atoms with E-state index in [1.807, 2.05) is 17.0 Å². The van der Waals surface area contributed by atoms with Crippen LogP contribution in [-0.4, -0.2) is 61.0 Å². The van der Waals surface area contributed by atoms with Gasteiger partial charge in [-0.05, 0) is 24.6 Å². The van der Waals surface area contributed by atoms with Crippen molar-refractivity contribution in [1.82, 2.24) is 15.1 Å². The molecule has 1 aromatic carbocycles. The van der Waals surface area contributed by atoms with Gasteiger partial charge in [-0.25, -0.2) is 0 Å². The molecule has 122 valence electrons. The first kappa shape index (κ1) is 18.0. The Balaban J connectivity index is 0.00000176. The minimum Gasteiger partial charge on any atom is -0.337 e. The van der Waals surface area contributed by atoms with Crippen molar-refractivity contribution in [1.29, 1.82) is 0 Å². The highest BCUT2D eigenvalue weighted by atomic mass is 79.9. The minimum atomic E-state index is 0. The van der Waals surface area contributed by atoms with Gasteiger partial charge in [-0.15, -0.1) is 12.4 Å². The number of amides is 1. The summed E-state index contributed by atoms with van der Waals surface area (Å²) in [6.45, 7) is 5.86. The number of carbonyl (C=O) groups is 1. The van der Waals surface area contributed by atoms with Crippen LogP contribution < -0.4 is 5.32 Å². The lowest BCUT2D eigenvalue weighted by Gasteiger charge is -2.32. The summed E-state index contributed by atoms with van der Waals surface area (Å²) >= 11 is 9.57. The van der Waals surface area contributed by atoms with Crippen LogP contribution in [0.25, 0.3) is 0 Å². The molecule has 2 aliphatic rings. The van der Waals surface area contributed by atoms with Crippen LogP contribution in [0.1, 0.15) is 16.8 Å². The Morgan fingerprint density at radius 3 is 2.73 bits per heavy atom. The van der Waals surface area contributed by atoms with Crippen LogP contribution in [0, 0.1) is 0 Å². The van der Waals surface area contributed by atoms with E-state index in [1.54, 1.807) is 6.07 Å². The van der Waals surface area contributed by atoms with Gasteiger partial charge in [0.1, 0.15) is 0 Å². The van der Waals surface area contributed by atoms with Crippen molar-refractivity contribution in [3.8, 4) is 0 Å². The summed E-state index contributed by atoms with van der Waals surface area (Å²) < 4.78 is 0.883. The fourth-order valence-electron chi connectivity index (χ4n) is 3.10. The summed E-state index contributed by atoms with van der Waals surface area (Å²) in [4.78, 5) is 17.1. The maximum atomic E-state index is 12.6. The molecular weight excluding hydrogens is 389 g/mol. The topological polar surface area (TPSA) is 35.6 Å². The first-order chi connectivity index (χ1) is 10.1. The number of nitrogens with zero attached hydrogens (tertiary/aromatic N) is 2. The largest absolute Gasteiger partial charge is 0.337 e. The zero-order valence-electron chi connectivity index (χ0n) is 12.2. The zero-order chi connectivity index (χ0) is 14.8. The number of benzene rings is 1.